The van der Waals surface area contributed by atoms with Crippen LogP contribution in [0, 0.1) is 6.92 Å². The van der Waals surface area contributed by atoms with E-state index in [4.69, 9.17) is 11.6 Å². The molecule has 4 nitrogen and oxygen atoms in total. The predicted octanol–water partition coefficient (Wildman–Crippen LogP) is 4.27. The van der Waals surface area contributed by atoms with Crippen LogP contribution in [0.2, 0.25) is 5.02 Å². The Hall–Kier alpha value is -2.07. The molecule has 0 radical (unpaired) electrons. The molecule has 0 aliphatic rings. The normalized spacial score (nSPS) is 10.4. The molecule has 1 aromatic heterocycles. The van der Waals surface area contributed by atoms with E-state index in [1.807, 2.05) is 45.0 Å². The summed E-state index contributed by atoms with van der Waals surface area (Å²) in [5.74, 6) is -0.0458. The highest BCUT2D eigenvalue weighted by Crippen LogP contribution is 2.25. The summed E-state index contributed by atoms with van der Waals surface area (Å²) < 4.78 is 0. The lowest BCUT2D eigenvalue weighted by molar-refractivity contribution is 0.0767. The zero-order chi connectivity index (χ0) is 16.1. The van der Waals surface area contributed by atoms with Gasteiger partial charge in [-0.05, 0) is 50.6 Å². The topological polar surface area (TPSA) is 45.2 Å². The monoisotopic (exact) mass is 317 g/mol. The SMILES string of the molecule is CCN(CC)C(=O)c1ccc(Nc2cccc(Cl)c2C)cn1. The quantitative estimate of drug-likeness (QED) is 0.895. The molecule has 0 fully saturated rings. The van der Waals surface area contributed by atoms with E-state index < -0.39 is 0 Å². The average Bonchev–Trinajstić information content (AvgIpc) is 2.53. The van der Waals surface area contributed by atoms with Crippen LogP contribution in [0.4, 0.5) is 11.4 Å². The van der Waals surface area contributed by atoms with Crippen molar-refractivity contribution >= 4 is 28.9 Å². The first kappa shape index (κ1) is 16.3. The highest BCUT2D eigenvalue weighted by molar-refractivity contribution is 6.31. The Morgan fingerprint density at radius 3 is 2.55 bits per heavy atom. The molecule has 0 saturated heterocycles. The highest BCUT2D eigenvalue weighted by atomic mass is 35.5. The van der Waals surface area contributed by atoms with Gasteiger partial charge in [-0.3, -0.25) is 4.79 Å². The summed E-state index contributed by atoms with van der Waals surface area (Å²) in [4.78, 5) is 18.2. The predicted molar refractivity (Wildman–Crippen MR) is 91.0 cm³/mol. The molecule has 5 heteroatoms. The lowest BCUT2D eigenvalue weighted by Gasteiger charge is -2.18. The van der Waals surface area contributed by atoms with Crippen LogP contribution in [-0.2, 0) is 0 Å². The summed E-state index contributed by atoms with van der Waals surface area (Å²) in [6, 6.07) is 9.29. The minimum Gasteiger partial charge on any atom is -0.354 e. The Kier molecular flexibility index (Phi) is 5.39. The molecule has 0 spiro atoms. The van der Waals surface area contributed by atoms with Gasteiger partial charge < -0.3 is 10.2 Å². The Morgan fingerprint density at radius 2 is 1.95 bits per heavy atom. The third kappa shape index (κ3) is 3.57. The van der Waals surface area contributed by atoms with Gasteiger partial charge in [0.2, 0.25) is 0 Å². The van der Waals surface area contributed by atoms with Crippen LogP contribution in [0.3, 0.4) is 0 Å². The Morgan fingerprint density at radius 1 is 1.23 bits per heavy atom. The number of anilines is 2. The van der Waals surface area contributed by atoms with E-state index in [1.165, 1.54) is 0 Å². The smallest absolute Gasteiger partial charge is 0.272 e. The van der Waals surface area contributed by atoms with E-state index in [2.05, 4.69) is 10.3 Å². The molecule has 0 unspecified atom stereocenters. The fraction of sp³-hybridized carbons (Fsp3) is 0.294. The number of aromatic nitrogens is 1. The fourth-order valence-electron chi connectivity index (χ4n) is 2.17. The van der Waals surface area contributed by atoms with Gasteiger partial charge >= 0.3 is 0 Å². The largest absolute Gasteiger partial charge is 0.354 e. The number of rotatable bonds is 5. The van der Waals surface area contributed by atoms with Gasteiger partial charge in [0.25, 0.3) is 5.91 Å². The average molecular weight is 318 g/mol. The number of halogens is 1. The first-order chi connectivity index (χ1) is 10.6. The molecule has 0 aliphatic heterocycles. The van der Waals surface area contributed by atoms with Crippen LogP contribution in [-0.4, -0.2) is 28.9 Å². The summed E-state index contributed by atoms with van der Waals surface area (Å²) in [6.45, 7) is 7.23. The molecule has 1 heterocycles. The zero-order valence-corrected chi connectivity index (χ0v) is 13.8. The number of nitrogens with zero attached hydrogens (tertiary/aromatic N) is 2. The molecule has 116 valence electrons. The summed E-state index contributed by atoms with van der Waals surface area (Å²) in [5.41, 5.74) is 3.18. The second-order valence-corrected chi connectivity index (χ2v) is 5.35. The number of pyridine rings is 1. The van der Waals surface area contributed by atoms with Crippen LogP contribution in [0.5, 0.6) is 0 Å². The van der Waals surface area contributed by atoms with Crippen molar-refractivity contribution in [1.29, 1.82) is 0 Å². The van der Waals surface area contributed by atoms with Gasteiger partial charge in [-0.2, -0.15) is 0 Å². The standard InChI is InChI=1S/C17H20ClN3O/c1-4-21(5-2)17(22)16-10-9-13(11-19-16)20-15-8-6-7-14(18)12(15)3/h6-11,20H,4-5H2,1-3H3. The molecule has 2 aromatic rings. The van der Waals surface area contributed by atoms with Gasteiger partial charge in [0.1, 0.15) is 5.69 Å². The maximum Gasteiger partial charge on any atom is 0.272 e. The van der Waals surface area contributed by atoms with E-state index in [0.717, 1.165) is 16.9 Å². The summed E-state index contributed by atoms with van der Waals surface area (Å²) in [5, 5.41) is 3.98. The Balaban J connectivity index is 2.15. The number of benzene rings is 1. The summed E-state index contributed by atoms with van der Waals surface area (Å²) in [6.07, 6.45) is 1.66. The van der Waals surface area contributed by atoms with Gasteiger partial charge in [-0.15, -0.1) is 0 Å². The summed E-state index contributed by atoms with van der Waals surface area (Å²) >= 11 is 6.11. The van der Waals surface area contributed by atoms with E-state index in [0.29, 0.717) is 23.8 Å². The van der Waals surface area contributed by atoms with E-state index >= 15 is 0 Å². The van der Waals surface area contributed by atoms with Gasteiger partial charge in [-0.25, -0.2) is 4.98 Å². The summed E-state index contributed by atoms with van der Waals surface area (Å²) in [7, 11) is 0. The van der Waals surface area contributed by atoms with Crippen LogP contribution < -0.4 is 5.32 Å². The van der Waals surface area contributed by atoms with Crippen molar-refractivity contribution in [3.63, 3.8) is 0 Å². The van der Waals surface area contributed by atoms with Crippen molar-refractivity contribution < 1.29 is 4.79 Å². The molecular weight excluding hydrogens is 298 g/mol. The highest BCUT2D eigenvalue weighted by Gasteiger charge is 2.13. The lowest BCUT2D eigenvalue weighted by atomic mass is 10.2. The lowest BCUT2D eigenvalue weighted by Crippen LogP contribution is -2.31. The van der Waals surface area contributed by atoms with Gasteiger partial charge in [0.15, 0.2) is 0 Å². The Bertz CT molecular complexity index is 651. The molecule has 22 heavy (non-hydrogen) atoms. The van der Waals surface area contributed by atoms with Crippen LogP contribution in [0.1, 0.15) is 29.9 Å². The molecule has 1 amide bonds. The van der Waals surface area contributed by atoms with Crippen LogP contribution in [0.25, 0.3) is 0 Å². The minimum absolute atomic E-state index is 0.0458. The van der Waals surface area contributed by atoms with Crippen LogP contribution in [0.15, 0.2) is 36.5 Å². The molecule has 0 saturated carbocycles. The minimum atomic E-state index is -0.0458. The second kappa shape index (κ2) is 7.27. The molecule has 2 rings (SSSR count). The van der Waals surface area contributed by atoms with Gasteiger partial charge in [0.05, 0.1) is 11.9 Å². The molecule has 1 aromatic carbocycles. The molecule has 1 N–H and O–H groups in total. The number of hydrogen-bond acceptors (Lipinski definition) is 3. The number of hydrogen-bond donors (Lipinski definition) is 1. The fourth-order valence-corrected chi connectivity index (χ4v) is 2.34. The molecule has 0 atom stereocenters. The molecule has 0 bridgehead atoms. The maximum absolute atomic E-state index is 12.2. The van der Waals surface area contributed by atoms with E-state index in [-0.39, 0.29) is 5.91 Å². The maximum atomic E-state index is 12.2. The van der Waals surface area contributed by atoms with E-state index in [9.17, 15) is 4.79 Å². The van der Waals surface area contributed by atoms with E-state index in [1.54, 1.807) is 17.2 Å². The molecular formula is C17H20ClN3O. The molecule has 0 aliphatic carbocycles. The second-order valence-electron chi connectivity index (χ2n) is 4.95. The number of amides is 1. The van der Waals surface area contributed by atoms with Gasteiger partial charge in [0, 0.05) is 23.8 Å². The first-order valence-corrected chi connectivity index (χ1v) is 7.72. The third-order valence-corrected chi connectivity index (χ3v) is 3.99. The number of nitrogens with one attached hydrogen (secondary N) is 1. The van der Waals surface area contributed by atoms with Crippen LogP contribution >= 0.6 is 11.6 Å². The van der Waals surface area contributed by atoms with Crippen molar-refractivity contribution in [2.75, 3.05) is 18.4 Å². The van der Waals surface area contributed by atoms with Crippen molar-refractivity contribution in [2.24, 2.45) is 0 Å². The number of carbonyl (C=O) groups is 1. The third-order valence-electron chi connectivity index (χ3n) is 3.58. The van der Waals surface area contributed by atoms with Crippen molar-refractivity contribution in [1.82, 2.24) is 9.88 Å². The number of carbonyl (C=O) groups excluding carboxylic acids is 1. The van der Waals surface area contributed by atoms with Crippen molar-refractivity contribution in [3.8, 4) is 0 Å². The zero-order valence-electron chi connectivity index (χ0n) is 13.1. The van der Waals surface area contributed by atoms with Crippen molar-refractivity contribution in [3.05, 3.63) is 52.8 Å². The first-order valence-electron chi connectivity index (χ1n) is 7.34. The Labute approximate surface area is 136 Å². The van der Waals surface area contributed by atoms with Gasteiger partial charge in [-0.1, -0.05) is 17.7 Å². The van der Waals surface area contributed by atoms with Crippen molar-refractivity contribution in [2.45, 2.75) is 20.8 Å².